The second-order valence-corrected chi connectivity index (χ2v) is 12.1. The molecule has 2 aromatic heterocycles. The number of anilines is 1. The molecule has 4 aromatic rings. The van der Waals surface area contributed by atoms with Crippen molar-refractivity contribution in [2.45, 2.75) is 38.3 Å². The molecule has 1 saturated carbocycles. The maximum atomic E-state index is 14.5. The lowest BCUT2D eigenvalue weighted by atomic mass is 9.97. The molecule has 2 aromatic carbocycles. The number of piperidine rings is 1. The van der Waals surface area contributed by atoms with E-state index in [0.29, 0.717) is 44.9 Å². The average molecular weight is 550 g/mol. The van der Waals surface area contributed by atoms with Gasteiger partial charge in [-0.25, -0.2) is 14.4 Å². The maximum Gasteiger partial charge on any atom is 0.274 e. The highest BCUT2D eigenvalue weighted by molar-refractivity contribution is 7.19. The molecule has 1 N–H and O–H groups in total. The van der Waals surface area contributed by atoms with Crippen LogP contribution in [0.2, 0.25) is 0 Å². The van der Waals surface area contributed by atoms with E-state index < -0.39 is 0 Å². The monoisotopic (exact) mass is 549 g/mol. The van der Waals surface area contributed by atoms with Crippen LogP contribution >= 0.6 is 22.7 Å². The molecule has 1 aliphatic heterocycles. The largest absolute Gasteiger partial charge is 0.354 e. The number of hydrogen-bond acceptors (Lipinski definition) is 7. The Hall–Kier alpha value is -3.37. The summed E-state index contributed by atoms with van der Waals surface area (Å²) in [7, 11) is 3.76. The molecule has 0 spiro atoms. The van der Waals surface area contributed by atoms with E-state index in [2.05, 4.69) is 10.3 Å². The topological polar surface area (TPSA) is 78.4 Å². The normalized spacial score (nSPS) is 20.3. The lowest BCUT2D eigenvalue weighted by molar-refractivity contribution is 0.0578. The number of carbonyl (C=O) groups is 2. The number of thiazole rings is 2. The number of nitrogens with zero attached hydrogens (tertiary/aromatic N) is 4. The molecule has 3 heterocycles. The number of hydrogen-bond donors (Lipinski definition) is 1. The van der Waals surface area contributed by atoms with Crippen LogP contribution in [0.25, 0.3) is 20.7 Å². The molecule has 1 aliphatic carbocycles. The van der Waals surface area contributed by atoms with Gasteiger partial charge in [0, 0.05) is 26.7 Å². The minimum atomic E-state index is -0.308. The summed E-state index contributed by atoms with van der Waals surface area (Å²) in [4.78, 5) is 40.8. The van der Waals surface area contributed by atoms with Gasteiger partial charge in [-0.05, 0) is 61.4 Å². The van der Waals surface area contributed by atoms with Gasteiger partial charge in [0.25, 0.3) is 11.8 Å². The zero-order valence-electron chi connectivity index (χ0n) is 21.4. The van der Waals surface area contributed by atoms with E-state index in [-0.39, 0.29) is 29.7 Å². The molecule has 196 valence electrons. The summed E-state index contributed by atoms with van der Waals surface area (Å²) in [5.74, 6) is -0.288. The van der Waals surface area contributed by atoms with Gasteiger partial charge in [-0.15, -0.1) is 11.3 Å². The zero-order chi connectivity index (χ0) is 26.6. The Morgan fingerprint density at radius 1 is 1.21 bits per heavy atom. The number of carbonyl (C=O) groups excluding carboxylic acids is 2. The number of amides is 2. The van der Waals surface area contributed by atoms with Crippen molar-refractivity contribution in [2.75, 3.05) is 25.5 Å². The first kappa shape index (κ1) is 24.9. The molecule has 1 saturated heterocycles. The van der Waals surface area contributed by atoms with E-state index in [1.54, 1.807) is 18.5 Å². The first-order valence-corrected chi connectivity index (χ1v) is 14.4. The molecule has 3 atom stereocenters. The molecule has 0 unspecified atom stereocenters. The molecule has 10 heteroatoms. The third kappa shape index (κ3) is 4.25. The van der Waals surface area contributed by atoms with Gasteiger partial charge in [0.2, 0.25) is 0 Å². The molecule has 38 heavy (non-hydrogen) atoms. The molecule has 0 radical (unpaired) electrons. The third-order valence-corrected chi connectivity index (χ3v) is 9.83. The van der Waals surface area contributed by atoms with Gasteiger partial charge in [-0.2, -0.15) is 0 Å². The SMILES string of the molecule is Cc1ccc(-c2sc(N(C)C)nc2C(=O)N2[C@H]3CC[C@H](C3)[C@@H]2CNC(=O)c2cccc3ncsc23)cc1F. The van der Waals surface area contributed by atoms with Crippen molar-refractivity contribution in [1.29, 1.82) is 0 Å². The zero-order valence-corrected chi connectivity index (χ0v) is 23.0. The molecule has 7 nitrogen and oxygen atoms in total. The molecule has 2 aliphatic rings. The van der Waals surface area contributed by atoms with Crippen LogP contribution in [0.3, 0.4) is 0 Å². The van der Waals surface area contributed by atoms with Gasteiger partial charge in [-0.3, -0.25) is 9.59 Å². The van der Waals surface area contributed by atoms with Crippen molar-refractivity contribution in [3.8, 4) is 10.4 Å². The van der Waals surface area contributed by atoms with Crippen molar-refractivity contribution in [3.05, 3.63) is 64.5 Å². The molecule has 2 bridgehead atoms. The number of fused-ring (bicyclic) bond motifs is 3. The Morgan fingerprint density at radius 3 is 2.84 bits per heavy atom. The molecular formula is C28H28FN5O2S2. The van der Waals surface area contributed by atoms with E-state index in [4.69, 9.17) is 4.98 Å². The quantitative estimate of drug-likeness (QED) is 0.351. The van der Waals surface area contributed by atoms with Crippen molar-refractivity contribution in [2.24, 2.45) is 5.92 Å². The highest BCUT2D eigenvalue weighted by Crippen LogP contribution is 2.44. The Bertz CT molecular complexity index is 1550. The van der Waals surface area contributed by atoms with Crippen LogP contribution in [0.15, 0.2) is 41.9 Å². The van der Waals surface area contributed by atoms with Crippen molar-refractivity contribution in [1.82, 2.24) is 20.2 Å². The second kappa shape index (κ2) is 9.74. The van der Waals surface area contributed by atoms with Crippen molar-refractivity contribution in [3.63, 3.8) is 0 Å². The van der Waals surface area contributed by atoms with Gasteiger partial charge in [-0.1, -0.05) is 29.5 Å². The number of nitrogens with one attached hydrogen (secondary N) is 1. The first-order chi connectivity index (χ1) is 18.3. The summed E-state index contributed by atoms with van der Waals surface area (Å²) in [6.45, 7) is 2.10. The fraction of sp³-hybridized carbons (Fsp3) is 0.357. The summed E-state index contributed by atoms with van der Waals surface area (Å²) in [6, 6.07) is 10.6. The standard InChI is InChI=1S/C28H28FN5O2S2/c1-15-7-8-17(12-20(15)29)24-23(32-28(38-24)33(2)3)27(36)34-18-10-9-16(11-18)22(34)13-30-26(35)19-5-4-6-21-25(19)37-14-31-21/h4-8,12,14,16,18,22H,9-11,13H2,1-3H3,(H,30,35)/t16-,18+,22+/m1/s1. The Kier molecular flexibility index (Phi) is 6.39. The lowest BCUT2D eigenvalue weighted by Gasteiger charge is -2.35. The van der Waals surface area contributed by atoms with Crippen LogP contribution in [0.1, 0.15) is 45.7 Å². The van der Waals surface area contributed by atoms with Crippen LogP contribution in [-0.4, -0.2) is 59.4 Å². The summed E-state index contributed by atoms with van der Waals surface area (Å²) < 4.78 is 15.3. The number of halogens is 1. The number of aryl methyl sites for hydroxylation is 1. The second-order valence-electron chi connectivity index (χ2n) is 10.3. The number of aromatic nitrogens is 2. The smallest absolute Gasteiger partial charge is 0.274 e. The molecular weight excluding hydrogens is 521 g/mol. The summed E-state index contributed by atoms with van der Waals surface area (Å²) in [5, 5.41) is 3.79. The lowest BCUT2D eigenvalue weighted by Crippen LogP contribution is -2.50. The highest BCUT2D eigenvalue weighted by atomic mass is 32.1. The number of likely N-dealkylation sites (tertiary alicyclic amines) is 1. The minimum absolute atomic E-state index is 0.113. The molecule has 2 fully saturated rings. The fourth-order valence-electron chi connectivity index (χ4n) is 5.73. The predicted octanol–water partition coefficient (Wildman–Crippen LogP) is 5.36. The number of benzene rings is 2. The Labute approximate surface area is 228 Å². The predicted molar refractivity (Wildman–Crippen MR) is 150 cm³/mol. The summed E-state index contributed by atoms with van der Waals surface area (Å²) >= 11 is 2.83. The van der Waals surface area contributed by atoms with Gasteiger partial charge >= 0.3 is 0 Å². The van der Waals surface area contributed by atoms with Crippen LogP contribution in [0.5, 0.6) is 0 Å². The fourth-order valence-corrected chi connectivity index (χ4v) is 7.51. The van der Waals surface area contributed by atoms with Gasteiger partial charge in [0.05, 0.1) is 32.2 Å². The van der Waals surface area contributed by atoms with Gasteiger partial charge < -0.3 is 15.1 Å². The van der Waals surface area contributed by atoms with E-state index in [0.717, 1.165) is 29.5 Å². The van der Waals surface area contributed by atoms with E-state index in [1.807, 2.05) is 48.2 Å². The summed E-state index contributed by atoms with van der Waals surface area (Å²) in [5.41, 5.74) is 4.70. The van der Waals surface area contributed by atoms with E-state index in [1.165, 1.54) is 28.7 Å². The average Bonchev–Trinajstić information content (AvgIpc) is 3.71. The summed E-state index contributed by atoms with van der Waals surface area (Å²) in [6.07, 6.45) is 2.91. The Balaban J connectivity index is 1.29. The van der Waals surface area contributed by atoms with Crippen LogP contribution in [0.4, 0.5) is 9.52 Å². The Morgan fingerprint density at radius 2 is 2.05 bits per heavy atom. The number of rotatable bonds is 6. The van der Waals surface area contributed by atoms with Gasteiger partial charge in [0.1, 0.15) is 11.5 Å². The molecule has 6 rings (SSSR count). The van der Waals surface area contributed by atoms with Gasteiger partial charge in [0.15, 0.2) is 5.13 Å². The van der Waals surface area contributed by atoms with Crippen molar-refractivity contribution >= 4 is 49.8 Å². The molecule has 2 amide bonds. The van der Waals surface area contributed by atoms with Crippen LogP contribution in [0, 0.1) is 18.7 Å². The first-order valence-electron chi connectivity index (χ1n) is 12.7. The minimum Gasteiger partial charge on any atom is -0.354 e. The van der Waals surface area contributed by atoms with E-state index in [9.17, 15) is 14.0 Å². The van der Waals surface area contributed by atoms with Crippen LogP contribution < -0.4 is 10.2 Å². The van der Waals surface area contributed by atoms with Crippen LogP contribution in [-0.2, 0) is 0 Å². The van der Waals surface area contributed by atoms with E-state index >= 15 is 0 Å². The van der Waals surface area contributed by atoms with Crippen molar-refractivity contribution < 1.29 is 14.0 Å². The maximum absolute atomic E-state index is 14.5. The third-order valence-electron chi connectivity index (χ3n) is 7.68. The highest BCUT2D eigenvalue weighted by Gasteiger charge is 2.49.